The number of aryl methyl sites for hydroxylation is 1. The van der Waals surface area contributed by atoms with Gasteiger partial charge >= 0.3 is 5.69 Å². The molecule has 4 aromatic rings. The van der Waals surface area contributed by atoms with Crippen molar-refractivity contribution in [1.82, 2.24) is 19.2 Å². The van der Waals surface area contributed by atoms with Gasteiger partial charge in [-0.3, -0.25) is 23.9 Å². The fraction of sp³-hybridized carbons (Fsp3) is 0.167. The van der Waals surface area contributed by atoms with Crippen LogP contribution in [0.2, 0.25) is 0 Å². The van der Waals surface area contributed by atoms with Gasteiger partial charge in [-0.25, -0.2) is 13.6 Å². The molecule has 0 aliphatic rings. The molecule has 0 aliphatic carbocycles. The summed E-state index contributed by atoms with van der Waals surface area (Å²) in [6, 6.07) is 10.0. The average molecular weight is 444 g/mol. The summed E-state index contributed by atoms with van der Waals surface area (Å²) < 4.78 is 31.7. The number of benzene rings is 2. The molecule has 0 radical (unpaired) electrons. The summed E-state index contributed by atoms with van der Waals surface area (Å²) in [6.07, 6.45) is 0. The predicted molar refractivity (Wildman–Crippen MR) is 109 cm³/mol. The normalized spacial score (nSPS) is 11.8. The van der Waals surface area contributed by atoms with Crippen LogP contribution < -0.4 is 15.4 Å². The third-order valence-electron chi connectivity index (χ3n) is 4.70. The molecule has 0 atom stereocenters. The van der Waals surface area contributed by atoms with Crippen LogP contribution in [0.25, 0.3) is 16.7 Å². The van der Waals surface area contributed by atoms with Crippen LogP contribution in [0.4, 0.5) is 5.69 Å². The highest BCUT2D eigenvalue weighted by atomic mass is 32.2. The third-order valence-corrected chi connectivity index (χ3v) is 5.61. The molecule has 2 aromatic heterocycles. The number of nitrogens with two attached hydrogens (primary N) is 1. The van der Waals surface area contributed by atoms with Crippen LogP contribution in [0.15, 0.2) is 52.2 Å². The summed E-state index contributed by atoms with van der Waals surface area (Å²) in [7, 11) is -4.12. The second-order valence-corrected chi connectivity index (χ2v) is 8.10. The predicted octanol–water partition coefficient (Wildman–Crippen LogP) is 1.20. The van der Waals surface area contributed by atoms with Gasteiger partial charge in [0.2, 0.25) is 15.8 Å². The molecule has 160 valence electrons. The van der Waals surface area contributed by atoms with E-state index in [1.807, 2.05) is 0 Å². The first-order valence-corrected chi connectivity index (χ1v) is 10.6. The summed E-state index contributed by atoms with van der Waals surface area (Å²) in [5.74, 6) is 0.448. The number of aromatic nitrogens is 4. The monoisotopic (exact) mass is 444 g/mol. The van der Waals surface area contributed by atoms with E-state index in [1.165, 1.54) is 4.57 Å². The molecule has 0 unspecified atom stereocenters. The van der Waals surface area contributed by atoms with Crippen molar-refractivity contribution >= 4 is 32.4 Å². The van der Waals surface area contributed by atoms with Crippen molar-refractivity contribution in [3.05, 3.63) is 68.8 Å². The number of rotatable bonds is 6. The first-order valence-electron chi connectivity index (χ1n) is 9.02. The SMILES string of the molecule is CCn1c(=O)c2ccccc2n2c(COc3ccc(S(N)(=O)=O)cc3[N+](=O)[O-])nnc12. The Bertz CT molecular complexity index is 1510. The summed E-state index contributed by atoms with van der Waals surface area (Å²) in [5.41, 5.74) is -0.203. The Morgan fingerprint density at radius 3 is 2.61 bits per heavy atom. The van der Waals surface area contributed by atoms with Crippen LogP contribution in [-0.4, -0.2) is 32.5 Å². The number of primary sulfonamides is 1. The first-order chi connectivity index (χ1) is 14.7. The minimum Gasteiger partial charge on any atom is -0.479 e. The minimum absolute atomic E-state index is 0.165. The number of hydrogen-bond acceptors (Lipinski definition) is 8. The quantitative estimate of drug-likeness (QED) is 0.342. The maximum absolute atomic E-state index is 12.7. The highest BCUT2D eigenvalue weighted by molar-refractivity contribution is 7.89. The van der Waals surface area contributed by atoms with Gasteiger partial charge in [0.25, 0.3) is 5.56 Å². The van der Waals surface area contributed by atoms with E-state index in [9.17, 15) is 23.3 Å². The Balaban J connectivity index is 1.80. The molecule has 12 nitrogen and oxygen atoms in total. The number of sulfonamides is 1. The van der Waals surface area contributed by atoms with Gasteiger partial charge in [0.05, 0.1) is 20.7 Å². The van der Waals surface area contributed by atoms with Crippen molar-refractivity contribution < 1.29 is 18.1 Å². The standard InChI is InChI=1S/C18H16N6O6S/c1-2-22-17(25)12-5-3-4-6-13(12)23-16(20-21-18(22)23)10-30-15-8-7-11(31(19,28)29)9-14(15)24(26)27/h3-9H,2,10H2,1H3,(H2,19,28,29). The highest BCUT2D eigenvalue weighted by Gasteiger charge is 2.22. The van der Waals surface area contributed by atoms with E-state index >= 15 is 0 Å². The average Bonchev–Trinajstić information content (AvgIpc) is 3.15. The zero-order chi connectivity index (χ0) is 22.3. The lowest BCUT2D eigenvalue weighted by Gasteiger charge is -2.10. The molecule has 0 saturated heterocycles. The lowest BCUT2D eigenvalue weighted by molar-refractivity contribution is -0.386. The fourth-order valence-electron chi connectivity index (χ4n) is 3.27. The summed E-state index contributed by atoms with van der Waals surface area (Å²) >= 11 is 0. The number of ether oxygens (including phenoxy) is 1. The van der Waals surface area contributed by atoms with E-state index in [1.54, 1.807) is 35.6 Å². The van der Waals surface area contributed by atoms with E-state index in [2.05, 4.69) is 10.2 Å². The van der Waals surface area contributed by atoms with Gasteiger partial charge in [-0.1, -0.05) is 12.1 Å². The molecule has 0 saturated carbocycles. The van der Waals surface area contributed by atoms with Crippen molar-refractivity contribution in [2.75, 3.05) is 0 Å². The molecule has 31 heavy (non-hydrogen) atoms. The van der Waals surface area contributed by atoms with Crippen molar-refractivity contribution in [3.8, 4) is 5.75 Å². The minimum atomic E-state index is -4.12. The molecule has 2 N–H and O–H groups in total. The number of hydrogen-bond donors (Lipinski definition) is 1. The van der Waals surface area contributed by atoms with Crippen LogP contribution >= 0.6 is 0 Å². The Labute approximate surface area is 174 Å². The van der Waals surface area contributed by atoms with Gasteiger partial charge in [0, 0.05) is 12.6 Å². The fourth-order valence-corrected chi connectivity index (χ4v) is 3.81. The lowest BCUT2D eigenvalue weighted by Crippen LogP contribution is -2.22. The molecule has 0 bridgehead atoms. The highest BCUT2D eigenvalue weighted by Crippen LogP contribution is 2.30. The molecule has 2 heterocycles. The molecular formula is C18H16N6O6S. The molecule has 0 aliphatic heterocycles. The van der Waals surface area contributed by atoms with Gasteiger partial charge in [-0.15, -0.1) is 10.2 Å². The van der Waals surface area contributed by atoms with Crippen molar-refractivity contribution in [2.45, 2.75) is 25.0 Å². The van der Waals surface area contributed by atoms with E-state index in [4.69, 9.17) is 9.88 Å². The molecule has 0 spiro atoms. The largest absolute Gasteiger partial charge is 0.479 e. The van der Waals surface area contributed by atoms with Crippen LogP contribution in [0.5, 0.6) is 5.75 Å². The molecule has 4 rings (SSSR count). The zero-order valence-corrected chi connectivity index (χ0v) is 16.9. The van der Waals surface area contributed by atoms with Crippen molar-refractivity contribution in [3.63, 3.8) is 0 Å². The van der Waals surface area contributed by atoms with Crippen molar-refractivity contribution in [2.24, 2.45) is 5.14 Å². The molecule has 13 heteroatoms. The number of para-hydroxylation sites is 1. The van der Waals surface area contributed by atoms with E-state index in [-0.39, 0.29) is 17.9 Å². The zero-order valence-electron chi connectivity index (χ0n) is 16.1. The van der Waals surface area contributed by atoms with Crippen LogP contribution in [0.1, 0.15) is 12.7 Å². The maximum Gasteiger partial charge on any atom is 0.312 e. The molecule has 0 amide bonds. The smallest absolute Gasteiger partial charge is 0.312 e. The van der Waals surface area contributed by atoms with Gasteiger partial charge in [-0.05, 0) is 31.2 Å². The number of nitro groups is 1. The van der Waals surface area contributed by atoms with Crippen LogP contribution in [-0.2, 0) is 23.2 Å². The second-order valence-electron chi connectivity index (χ2n) is 6.54. The van der Waals surface area contributed by atoms with Gasteiger partial charge in [0.1, 0.15) is 6.61 Å². The summed E-state index contributed by atoms with van der Waals surface area (Å²) in [5, 5.41) is 25.1. The molecule has 2 aromatic carbocycles. The Morgan fingerprint density at radius 1 is 1.19 bits per heavy atom. The summed E-state index contributed by atoms with van der Waals surface area (Å²) in [4.78, 5) is 22.9. The van der Waals surface area contributed by atoms with E-state index in [0.717, 1.165) is 18.2 Å². The number of fused-ring (bicyclic) bond motifs is 3. The Kier molecular flexibility index (Phi) is 4.91. The van der Waals surface area contributed by atoms with Crippen LogP contribution in [0.3, 0.4) is 0 Å². The lowest BCUT2D eigenvalue weighted by atomic mass is 10.2. The maximum atomic E-state index is 12.7. The second kappa shape index (κ2) is 7.45. The van der Waals surface area contributed by atoms with E-state index < -0.39 is 25.5 Å². The number of nitro benzene ring substituents is 1. The van der Waals surface area contributed by atoms with Crippen LogP contribution in [0, 0.1) is 10.1 Å². The van der Waals surface area contributed by atoms with Gasteiger partial charge in [0.15, 0.2) is 11.6 Å². The molecule has 0 fully saturated rings. The third kappa shape index (κ3) is 3.49. The topological polar surface area (TPSA) is 165 Å². The molecular weight excluding hydrogens is 428 g/mol. The van der Waals surface area contributed by atoms with E-state index in [0.29, 0.717) is 29.0 Å². The van der Waals surface area contributed by atoms with Gasteiger partial charge < -0.3 is 4.74 Å². The number of nitrogens with zero attached hydrogens (tertiary/aromatic N) is 5. The van der Waals surface area contributed by atoms with Gasteiger partial charge in [-0.2, -0.15) is 0 Å². The van der Waals surface area contributed by atoms with Crippen molar-refractivity contribution in [1.29, 1.82) is 0 Å². The first kappa shape index (κ1) is 20.4. The Morgan fingerprint density at radius 2 is 1.94 bits per heavy atom. The summed E-state index contributed by atoms with van der Waals surface area (Å²) in [6.45, 7) is 1.95. The Hall–Kier alpha value is -3.84.